The van der Waals surface area contributed by atoms with Gasteiger partial charge in [-0.3, -0.25) is 14.9 Å². The lowest BCUT2D eigenvalue weighted by molar-refractivity contribution is -0.384. The van der Waals surface area contributed by atoms with Gasteiger partial charge in [0.15, 0.2) is 0 Å². The molecule has 17 heavy (non-hydrogen) atoms. The molecule has 1 rings (SSSR count). The van der Waals surface area contributed by atoms with Crippen molar-refractivity contribution in [3.63, 3.8) is 0 Å². The Labute approximate surface area is 99.0 Å². The summed E-state index contributed by atoms with van der Waals surface area (Å²) >= 11 is 0. The zero-order valence-corrected chi connectivity index (χ0v) is 9.77. The normalized spacial score (nSPS) is 11.9. The number of hydrogen-bond acceptors (Lipinski definition) is 4. The number of non-ortho nitro benzene ring substituents is 1. The van der Waals surface area contributed by atoms with Crippen molar-refractivity contribution >= 4 is 11.6 Å². The third kappa shape index (κ3) is 3.53. The predicted octanol–water partition coefficient (Wildman–Crippen LogP) is 0.980. The van der Waals surface area contributed by atoms with Crippen LogP contribution in [-0.4, -0.2) is 23.4 Å². The van der Waals surface area contributed by atoms with E-state index in [4.69, 9.17) is 5.73 Å². The Morgan fingerprint density at radius 3 is 2.71 bits per heavy atom. The van der Waals surface area contributed by atoms with E-state index >= 15 is 0 Å². The van der Waals surface area contributed by atoms with Crippen LogP contribution in [0.2, 0.25) is 0 Å². The van der Waals surface area contributed by atoms with Crippen molar-refractivity contribution in [1.29, 1.82) is 0 Å². The van der Waals surface area contributed by atoms with E-state index in [9.17, 15) is 14.9 Å². The van der Waals surface area contributed by atoms with Crippen molar-refractivity contribution in [2.24, 2.45) is 5.73 Å². The molecule has 1 atom stereocenters. The van der Waals surface area contributed by atoms with Crippen LogP contribution in [0.5, 0.6) is 0 Å². The van der Waals surface area contributed by atoms with Crippen molar-refractivity contribution in [2.45, 2.75) is 19.9 Å². The smallest absolute Gasteiger partial charge is 0.270 e. The largest absolute Gasteiger partial charge is 0.348 e. The quantitative estimate of drug-likeness (QED) is 0.602. The summed E-state index contributed by atoms with van der Waals surface area (Å²) in [5, 5.41) is 13.3. The number of rotatable bonds is 4. The third-order valence-electron chi connectivity index (χ3n) is 2.27. The first-order valence-electron chi connectivity index (χ1n) is 5.21. The van der Waals surface area contributed by atoms with E-state index in [2.05, 4.69) is 5.32 Å². The van der Waals surface area contributed by atoms with Crippen molar-refractivity contribution in [1.82, 2.24) is 5.32 Å². The molecule has 0 aromatic heterocycles. The second-order valence-corrected chi connectivity index (χ2v) is 3.92. The molecule has 0 aliphatic rings. The number of hydrogen-bond donors (Lipinski definition) is 2. The van der Waals surface area contributed by atoms with Gasteiger partial charge in [0, 0.05) is 30.3 Å². The zero-order valence-electron chi connectivity index (χ0n) is 9.77. The van der Waals surface area contributed by atoms with E-state index in [0.717, 1.165) is 0 Å². The zero-order chi connectivity index (χ0) is 13.0. The molecule has 1 amide bonds. The average Bonchev–Trinajstić information content (AvgIpc) is 2.27. The van der Waals surface area contributed by atoms with E-state index in [1.54, 1.807) is 19.9 Å². The highest BCUT2D eigenvalue weighted by Gasteiger charge is 2.14. The average molecular weight is 237 g/mol. The van der Waals surface area contributed by atoms with Crippen LogP contribution in [0.4, 0.5) is 5.69 Å². The lowest BCUT2D eigenvalue weighted by Gasteiger charge is -2.11. The minimum Gasteiger partial charge on any atom is -0.348 e. The van der Waals surface area contributed by atoms with Crippen LogP contribution in [0, 0.1) is 17.0 Å². The van der Waals surface area contributed by atoms with Crippen molar-refractivity contribution in [3.8, 4) is 0 Å². The number of nitro benzene ring substituents is 1. The molecular weight excluding hydrogens is 222 g/mol. The van der Waals surface area contributed by atoms with E-state index in [-0.39, 0.29) is 23.2 Å². The third-order valence-corrected chi connectivity index (χ3v) is 2.27. The fourth-order valence-corrected chi connectivity index (χ4v) is 1.37. The van der Waals surface area contributed by atoms with Gasteiger partial charge < -0.3 is 11.1 Å². The molecule has 1 aromatic rings. The van der Waals surface area contributed by atoms with Crippen LogP contribution < -0.4 is 11.1 Å². The maximum Gasteiger partial charge on any atom is 0.270 e. The van der Waals surface area contributed by atoms with Gasteiger partial charge in [0.25, 0.3) is 11.6 Å². The maximum atomic E-state index is 11.8. The first-order valence-corrected chi connectivity index (χ1v) is 5.21. The molecule has 0 aliphatic carbocycles. The first-order chi connectivity index (χ1) is 7.93. The lowest BCUT2D eigenvalue weighted by atomic mass is 10.1. The molecular formula is C11H15N3O3. The number of nitrogens with one attached hydrogen (secondary N) is 1. The Balaban J connectivity index is 2.97. The van der Waals surface area contributed by atoms with Crippen LogP contribution in [0.25, 0.3) is 0 Å². The van der Waals surface area contributed by atoms with Crippen LogP contribution in [0.3, 0.4) is 0 Å². The van der Waals surface area contributed by atoms with Gasteiger partial charge in [-0.1, -0.05) is 0 Å². The molecule has 1 aromatic carbocycles. The van der Waals surface area contributed by atoms with Gasteiger partial charge in [-0.25, -0.2) is 0 Å². The Hall–Kier alpha value is -1.95. The number of nitrogens with two attached hydrogens (primary N) is 1. The number of carbonyl (C=O) groups excluding carboxylic acids is 1. The summed E-state index contributed by atoms with van der Waals surface area (Å²) in [7, 11) is 0. The van der Waals surface area contributed by atoms with Crippen molar-refractivity contribution in [3.05, 3.63) is 39.4 Å². The molecule has 0 radical (unpaired) electrons. The molecule has 0 fully saturated rings. The SMILES string of the molecule is Cc1cc(C(=O)NC(C)CN)cc([N+](=O)[O-])c1. The second-order valence-electron chi connectivity index (χ2n) is 3.92. The Morgan fingerprint density at radius 1 is 1.53 bits per heavy atom. The van der Waals surface area contributed by atoms with Gasteiger partial charge in [-0.2, -0.15) is 0 Å². The summed E-state index contributed by atoms with van der Waals surface area (Å²) in [6.45, 7) is 3.79. The first kappa shape index (κ1) is 13.1. The summed E-state index contributed by atoms with van der Waals surface area (Å²) in [4.78, 5) is 21.9. The van der Waals surface area contributed by atoms with Gasteiger partial charge in [0.05, 0.1) is 4.92 Å². The topological polar surface area (TPSA) is 98.3 Å². The summed E-state index contributed by atoms with van der Waals surface area (Å²) in [5.41, 5.74) is 6.24. The highest BCUT2D eigenvalue weighted by Crippen LogP contribution is 2.16. The Kier molecular flexibility index (Phi) is 4.17. The number of nitrogens with zero attached hydrogens (tertiary/aromatic N) is 1. The van der Waals surface area contributed by atoms with Gasteiger partial charge >= 0.3 is 0 Å². The molecule has 0 aliphatic heterocycles. The summed E-state index contributed by atoms with van der Waals surface area (Å²) in [6, 6.07) is 4.11. The van der Waals surface area contributed by atoms with Gasteiger partial charge in [0.2, 0.25) is 0 Å². The molecule has 0 saturated heterocycles. The molecule has 92 valence electrons. The van der Waals surface area contributed by atoms with Crippen LogP contribution in [-0.2, 0) is 0 Å². The number of nitro groups is 1. The Morgan fingerprint density at radius 2 is 2.18 bits per heavy atom. The second kappa shape index (κ2) is 5.40. The molecule has 0 spiro atoms. The molecule has 0 bridgehead atoms. The predicted molar refractivity (Wildman–Crippen MR) is 63.8 cm³/mol. The van der Waals surface area contributed by atoms with E-state index in [1.165, 1.54) is 12.1 Å². The van der Waals surface area contributed by atoms with E-state index < -0.39 is 4.92 Å². The van der Waals surface area contributed by atoms with Crippen LogP contribution in [0.15, 0.2) is 18.2 Å². The molecule has 6 nitrogen and oxygen atoms in total. The maximum absolute atomic E-state index is 11.8. The van der Waals surface area contributed by atoms with Crippen LogP contribution in [0.1, 0.15) is 22.8 Å². The molecule has 0 saturated carbocycles. The summed E-state index contributed by atoms with van der Waals surface area (Å²) in [6.07, 6.45) is 0. The highest BCUT2D eigenvalue weighted by atomic mass is 16.6. The van der Waals surface area contributed by atoms with Crippen LogP contribution >= 0.6 is 0 Å². The van der Waals surface area contributed by atoms with Gasteiger partial charge in [0.1, 0.15) is 0 Å². The highest BCUT2D eigenvalue weighted by molar-refractivity contribution is 5.95. The van der Waals surface area contributed by atoms with Crippen molar-refractivity contribution in [2.75, 3.05) is 6.54 Å². The van der Waals surface area contributed by atoms with Crippen molar-refractivity contribution < 1.29 is 9.72 Å². The fraction of sp³-hybridized carbons (Fsp3) is 0.364. The number of aryl methyl sites for hydroxylation is 1. The standard InChI is InChI=1S/C11H15N3O3/c1-7-3-9(5-10(4-7)14(16)17)11(15)13-8(2)6-12/h3-5,8H,6,12H2,1-2H3,(H,13,15). The van der Waals surface area contributed by atoms with Gasteiger partial charge in [-0.05, 0) is 25.5 Å². The summed E-state index contributed by atoms with van der Waals surface area (Å²) < 4.78 is 0. The van der Waals surface area contributed by atoms with Gasteiger partial charge in [-0.15, -0.1) is 0 Å². The Bertz CT molecular complexity index is 446. The number of benzene rings is 1. The van der Waals surface area contributed by atoms with E-state index in [0.29, 0.717) is 12.1 Å². The fourth-order valence-electron chi connectivity index (χ4n) is 1.37. The lowest BCUT2D eigenvalue weighted by Crippen LogP contribution is -2.37. The molecule has 0 heterocycles. The molecule has 3 N–H and O–H groups in total. The summed E-state index contributed by atoms with van der Waals surface area (Å²) in [5.74, 6) is -0.352. The number of amides is 1. The molecule has 1 unspecified atom stereocenters. The minimum absolute atomic E-state index is 0.0875. The van der Waals surface area contributed by atoms with E-state index in [1.807, 2.05) is 0 Å². The monoisotopic (exact) mass is 237 g/mol. The molecule has 6 heteroatoms. The number of carbonyl (C=O) groups is 1. The minimum atomic E-state index is -0.518.